The van der Waals surface area contributed by atoms with Crippen LogP contribution in [0.15, 0.2) is 47.8 Å². The molecule has 0 saturated carbocycles. The zero-order valence-corrected chi connectivity index (χ0v) is 17.9. The van der Waals surface area contributed by atoms with E-state index in [1.807, 2.05) is 68.6 Å². The van der Waals surface area contributed by atoms with E-state index in [4.69, 9.17) is 4.74 Å². The summed E-state index contributed by atoms with van der Waals surface area (Å²) in [6.45, 7) is 7.59. The van der Waals surface area contributed by atoms with Gasteiger partial charge in [-0.15, -0.1) is 11.3 Å². The Morgan fingerprint density at radius 2 is 1.72 bits per heavy atom. The molecule has 0 spiro atoms. The summed E-state index contributed by atoms with van der Waals surface area (Å²) in [5, 5.41) is 2.38. The van der Waals surface area contributed by atoms with Crippen LogP contribution in [0.2, 0.25) is 0 Å². The minimum Gasteiger partial charge on any atom is -0.459 e. The third-order valence-corrected chi connectivity index (χ3v) is 5.36. The summed E-state index contributed by atoms with van der Waals surface area (Å²) in [6.07, 6.45) is 0.222. The van der Waals surface area contributed by atoms with Crippen LogP contribution in [0.25, 0.3) is 0 Å². The lowest BCUT2D eigenvalue weighted by Crippen LogP contribution is -2.23. The maximum absolute atomic E-state index is 12.3. The van der Waals surface area contributed by atoms with Gasteiger partial charge in [0.15, 0.2) is 5.13 Å². The third-order valence-electron chi connectivity index (χ3n) is 4.49. The minimum absolute atomic E-state index is 0.0832. The molecule has 3 rings (SSSR count). The van der Waals surface area contributed by atoms with Crippen molar-refractivity contribution in [2.75, 3.05) is 4.90 Å². The number of amides is 1. The first-order valence-electron chi connectivity index (χ1n) is 9.37. The molecule has 29 heavy (non-hydrogen) atoms. The maximum atomic E-state index is 12.3. The summed E-state index contributed by atoms with van der Waals surface area (Å²) in [7, 11) is 0. The highest BCUT2D eigenvalue weighted by Gasteiger charge is 2.20. The van der Waals surface area contributed by atoms with E-state index in [0.717, 1.165) is 27.9 Å². The topological polar surface area (TPSA) is 59.5 Å². The largest absolute Gasteiger partial charge is 0.459 e. The summed E-state index contributed by atoms with van der Waals surface area (Å²) in [5.74, 6) is -0.421. The highest BCUT2D eigenvalue weighted by molar-refractivity contribution is 7.14. The van der Waals surface area contributed by atoms with Gasteiger partial charge in [0.25, 0.3) is 0 Å². The molecule has 0 N–H and O–H groups in total. The standard InChI is InChI=1S/C23H24N2O3S/c1-15-5-8-19(9-6-15)12-22(27)28-13-20-14-29-23(24-20)25(18(4)26)21-10-7-16(2)11-17(21)3/h5-11,14H,12-13H2,1-4H3. The number of esters is 1. The van der Waals surface area contributed by atoms with Crippen molar-refractivity contribution in [3.05, 3.63) is 75.8 Å². The van der Waals surface area contributed by atoms with Gasteiger partial charge in [0, 0.05) is 12.3 Å². The molecule has 0 atom stereocenters. The Morgan fingerprint density at radius 3 is 2.38 bits per heavy atom. The van der Waals surface area contributed by atoms with Crippen molar-refractivity contribution in [2.24, 2.45) is 0 Å². The normalized spacial score (nSPS) is 10.6. The molecule has 3 aromatic rings. The van der Waals surface area contributed by atoms with E-state index in [1.54, 1.807) is 4.90 Å². The van der Waals surface area contributed by atoms with E-state index in [9.17, 15) is 9.59 Å². The second-order valence-corrected chi connectivity index (χ2v) is 7.93. The lowest BCUT2D eigenvalue weighted by molar-refractivity contribution is -0.144. The van der Waals surface area contributed by atoms with Gasteiger partial charge in [-0.2, -0.15) is 0 Å². The Bertz CT molecular complexity index is 1020. The van der Waals surface area contributed by atoms with Gasteiger partial charge < -0.3 is 4.74 Å². The van der Waals surface area contributed by atoms with E-state index in [0.29, 0.717) is 10.8 Å². The second-order valence-electron chi connectivity index (χ2n) is 7.09. The van der Waals surface area contributed by atoms with Crippen LogP contribution in [0.3, 0.4) is 0 Å². The smallest absolute Gasteiger partial charge is 0.310 e. The number of hydrogen-bond donors (Lipinski definition) is 0. The van der Waals surface area contributed by atoms with Crippen molar-refractivity contribution >= 4 is 34.0 Å². The zero-order valence-electron chi connectivity index (χ0n) is 17.1. The van der Waals surface area contributed by atoms with E-state index in [1.165, 1.54) is 18.3 Å². The molecule has 150 valence electrons. The van der Waals surface area contributed by atoms with Gasteiger partial charge in [-0.3, -0.25) is 14.5 Å². The molecular weight excluding hydrogens is 384 g/mol. The number of carbonyl (C=O) groups excluding carboxylic acids is 2. The van der Waals surface area contributed by atoms with Crippen LogP contribution in [0, 0.1) is 20.8 Å². The fourth-order valence-corrected chi connectivity index (χ4v) is 3.87. The molecule has 1 heterocycles. The van der Waals surface area contributed by atoms with Crippen molar-refractivity contribution in [3.63, 3.8) is 0 Å². The highest BCUT2D eigenvalue weighted by atomic mass is 32.1. The summed E-state index contributed by atoms with van der Waals surface area (Å²) in [4.78, 5) is 30.5. The second kappa shape index (κ2) is 9.01. The van der Waals surface area contributed by atoms with Gasteiger partial charge in [-0.05, 0) is 38.0 Å². The Labute approximate surface area is 175 Å². The lowest BCUT2D eigenvalue weighted by Gasteiger charge is -2.20. The first-order chi connectivity index (χ1) is 13.8. The van der Waals surface area contributed by atoms with Crippen LogP contribution >= 0.6 is 11.3 Å². The van der Waals surface area contributed by atoms with E-state index >= 15 is 0 Å². The first kappa shape index (κ1) is 20.7. The molecule has 0 unspecified atom stereocenters. The van der Waals surface area contributed by atoms with Crippen LogP contribution in [-0.2, 0) is 27.4 Å². The van der Waals surface area contributed by atoms with Crippen LogP contribution in [-0.4, -0.2) is 16.9 Å². The van der Waals surface area contributed by atoms with Crippen molar-refractivity contribution in [1.29, 1.82) is 0 Å². The van der Waals surface area contributed by atoms with Crippen LogP contribution < -0.4 is 4.90 Å². The molecule has 0 radical (unpaired) electrons. The molecule has 0 fully saturated rings. The molecule has 0 aliphatic carbocycles. The number of thiazole rings is 1. The van der Waals surface area contributed by atoms with Gasteiger partial charge in [-0.25, -0.2) is 4.98 Å². The average Bonchev–Trinajstić information content (AvgIpc) is 3.12. The SMILES string of the molecule is CC(=O)N(c1nc(COC(=O)Cc2ccc(C)cc2)cs1)c1ccc(C)cc1C. The Balaban J connectivity index is 1.67. The average molecular weight is 409 g/mol. The fraction of sp³-hybridized carbons (Fsp3) is 0.261. The van der Waals surface area contributed by atoms with E-state index < -0.39 is 0 Å². The molecule has 0 saturated heterocycles. The first-order valence-corrected chi connectivity index (χ1v) is 10.2. The van der Waals surface area contributed by atoms with Crippen LogP contribution in [0.4, 0.5) is 10.8 Å². The number of nitrogens with zero attached hydrogens (tertiary/aromatic N) is 2. The molecule has 0 bridgehead atoms. The predicted molar refractivity (Wildman–Crippen MR) is 116 cm³/mol. The number of hydrogen-bond acceptors (Lipinski definition) is 5. The molecule has 1 aromatic heterocycles. The summed E-state index contributed by atoms with van der Waals surface area (Å²) in [5.41, 5.74) is 5.63. The van der Waals surface area contributed by atoms with Gasteiger partial charge in [-0.1, -0.05) is 47.5 Å². The number of aromatic nitrogens is 1. The molecule has 6 heteroatoms. The monoisotopic (exact) mass is 408 g/mol. The van der Waals surface area contributed by atoms with Gasteiger partial charge in [0.05, 0.1) is 17.8 Å². The number of ether oxygens (including phenoxy) is 1. The molecular formula is C23H24N2O3S. The summed E-state index contributed by atoms with van der Waals surface area (Å²) >= 11 is 1.35. The molecule has 0 aliphatic rings. The third kappa shape index (κ3) is 5.29. The number of anilines is 2. The van der Waals surface area contributed by atoms with Crippen molar-refractivity contribution < 1.29 is 14.3 Å². The Hall–Kier alpha value is -2.99. The van der Waals surface area contributed by atoms with Gasteiger partial charge >= 0.3 is 5.97 Å². The summed E-state index contributed by atoms with van der Waals surface area (Å²) < 4.78 is 5.36. The lowest BCUT2D eigenvalue weighted by atomic mass is 10.1. The molecule has 1 amide bonds. The van der Waals surface area contributed by atoms with Crippen LogP contribution in [0.1, 0.15) is 34.9 Å². The van der Waals surface area contributed by atoms with Crippen molar-refractivity contribution in [2.45, 2.75) is 40.7 Å². The highest BCUT2D eigenvalue weighted by Crippen LogP contribution is 2.31. The predicted octanol–water partition coefficient (Wildman–Crippen LogP) is 5.04. The molecule has 5 nitrogen and oxygen atoms in total. The Morgan fingerprint density at radius 1 is 1.03 bits per heavy atom. The van der Waals surface area contributed by atoms with Crippen LogP contribution in [0.5, 0.6) is 0 Å². The van der Waals surface area contributed by atoms with Crippen molar-refractivity contribution in [1.82, 2.24) is 4.98 Å². The molecule has 2 aromatic carbocycles. The van der Waals surface area contributed by atoms with Gasteiger partial charge in [0.2, 0.25) is 5.91 Å². The van der Waals surface area contributed by atoms with E-state index in [2.05, 4.69) is 4.98 Å². The minimum atomic E-state index is -0.304. The number of benzene rings is 2. The number of carbonyl (C=O) groups is 2. The van der Waals surface area contributed by atoms with E-state index in [-0.39, 0.29) is 24.9 Å². The molecule has 0 aliphatic heterocycles. The maximum Gasteiger partial charge on any atom is 0.310 e. The van der Waals surface area contributed by atoms with Crippen molar-refractivity contribution in [3.8, 4) is 0 Å². The Kier molecular flexibility index (Phi) is 6.44. The fourth-order valence-electron chi connectivity index (χ4n) is 3.01. The summed E-state index contributed by atoms with van der Waals surface area (Å²) in [6, 6.07) is 13.7. The zero-order chi connectivity index (χ0) is 21.0. The van der Waals surface area contributed by atoms with Gasteiger partial charge in [0.1, 0.15) is 6.61 Å². The quantitative estimate of drug-likeness (QED) is 0.536. The number of aryl methyl sites for hydroxylation is 3. The number of rotatable bonds is 6.